The summed E-state index contributed by atoms with van der Waals surface area (Å²) in [6, 6.07) is 11.9. The van der Waals surface area contributed by atoms with Crippen molar-refractivity contribution in [3.63, 3.8) is 0 Å². The molecule has 0 saturated carbocycles. The zero-order valence-corrected chi connectivity index (χ0v) is 20.6. The van der Waals surface area contributed by atoms with Crippen molar-refractivity contribution in [2.24, 2.45) is 0 Å². The monoisotopic (exact) mass is 486 g/mol. The summed E-state index contributed by atoms with van der Waals surface area (Å²) in [6.45, 7) is 6.37. The second-order valence-electron chi connectivity index (χ2n) is 9.41. The third-order valence-electron chi connectivity index (χ3n) is 6.38. The Balaban J connectivity index is 1.48. The van der Waals surface area contributed by atoms with Gasteiger partial charge < -0.3 is 14.4 Å². The summed E-state index contributed by atoms with van der Waals surface area (Å²) in [5.74, 6) is -0.227. The van der Waals surface area contributed by atoms with E-state index in [1.807, 2.05) is 48.6 Å². The fourth-order valence-corrected chi connectivity index (χ4v) is 4.61. The fraction of sp³-hybridized carbons (Fsp3) is 0.286. The van der Waals surface area contributed by atoms with Crippen LogP contribution in [0.2, 0.25) is 5.02 Å². The van der Waals surface area contributed by atoms with Gasteiger partial charge in [0.2, 0.25) is 0 Å². The minimum Gasteiger partial charge on any atom is -0.381 e. The van der Waals surface area contributed by atoms with Gasteiger partial charge >= 0.3 is 0 Å². The second kappa shape index (κ2) is 9.35. The number of aromatic nitrogens is 2. The minimum absolute atomic E-state index is 0.227. The van der Waals surface area contributed by atoms with E-state index in [9.17, 15) is 9.90 Å². The van der Waals surface area contributed by atoms with Crippen LogP contribution in [0, 0.1) is 0 Å². The van der Waals surface area contributed by atoms with Gasteiger partial charge in [0.25, 0.3) is 5.91 Å². The molecule has 1 aliphatic heterocycles. The Morgan fingerprint density at radius 3 is 2.43 bits per heavy atom. The molecule has 2 aliphatic rings. The number of hydrogen-bond acceptors (Lipinski definition) is 4. The lowest BCUT2D eigenvalue weighted by Gasteiger charge is -2.37. The topological polar surface area (TPSA) is 61.1 Å². The Bertz CT molecular complexity index is 1410. The molecule has 178 valence electrons. The Labute approximate surface area is 209 Å². The SMILES string of the molecule is CC(C)(O)C(=O)N1CCN(Cc2c(-c3ccc(Cl)cc3)nc3ccc(C4=CC=C=C=C4)cn23)CC1. The van der Waals surface area contributed by atoms with E-state index in [2.05, 4.69) is 33.0 Å². The largest absolute Gasteiger partial charge is 0.381 e. The van der Waals surface area contributed by atoms with Crippen molar-refractivity contribution in [2.45, 2.75) is 26.0 Å². The summed E-state index contributed by atoms with van der Waals surface area (Å²) in [5, 5.41) is 10.8. The number of carbonyl (C=O) groups excluding carboxylic acids is 1. The summed E-state index contributed by atoms with van der Waals surface area (Å²) < 4.78 is 2.16. The van der Waals surface area contributed by atoms with Crippen molar-refractivity contribution >= 4 is 28.7 Å². The molecular weight excluding hydrogens is 460 g/mol. The van der Waals surface area contributed by atoms with Crippen molar-refractivity contribution in [3.8, 4) is 11.3 Å². The van der Waals surface area contributed by atoms with E-state index >= 15 is 0 Å². The Morgan fingerprint density at radius 2 is 1.77 bits per heavy atom. The van der Waals surface area contributed by atoms with Crippen molar-refractivity contribution < 1.29 is 9.90 Å². The van der Waals surface area contributed by atoms with E-state index in [4.69, 9.17) is 16.6 Å². The number of carbonyl (C=O) groups is 1. The first-order valence-corrected chi connectivity index (χ1v) is 12.1. The first-order chi connectivity index (χ1) is 16.8. The number of halogens is 1. The fourth-order valence-electron chi connectivity index (χ4n) is 4.49. The van der Waals surface area contributed by atoms with Crippen LogP contribution in [0.5, 0.6) is 0 Å². The number of imidazole rings is 1. The van der Waals surface area contributed by atoms with Crippen LogP contribution >= 0.6 is 11.6 Å². The molecule has 1 fully saturated rings. The Kier molecular flexibility index (Phi) is 6.24. The van der Waals surface area contributed by atoms with E-state index in [1.165, 1.54) is 0 Å². The van der Waals surface area contributed by atoms with E-state index in [0.717, 1.165) is 46.8 Å². The molecule has 6 nitrogen and oxygen atoms in total. The highest BCUT2D eigenvalue weighted by molar-refractivity contribution is 6.30. The molecule has 2 aromatic heterocycles. The molecule has 1 aliphatic carbocycles. The molecule has 1 saturated heterocycles. The van der Waals surface area contributed by atoms with Gasteiger partial charge in [-0.25, -0.2) is 4.98 Å². The van der Waals surface area contributed by atoms with Crippen LogP contribution in [0.15, 0.2) is 72.3 Å². The summed E-state index contributed by atoms with van der Waals surface area (Å²) in [5.41, 5.74) is 10.6. The van der Waals surface area contributed by atoms with E-state index in [-0.39, 0.29) is 5.91 Å². The summed E-state index contributed by atoms with van der Waals surface area (Å²) in [7, 11) is 0. The van der Waals surface area contributed by atoms with Gasteiger partial charge in [0, 0.05) is 49.5 Å². The average Bonchev–Trinajstić information content (AvgIpc) is 3.22. The minimum atomic E-state index is -1.35. The zero-order valence-electron chi connectivity index (χ0n) is 19.8. The molecule has 1 aromatic carbocycles. The maximum atomic E-state index is 12.5. The Morgan fingerprint density at radius 1 is 1.06 bits per heavy atom. The quantitative estimate of drug-likeness (QED) is 0.545. The number of fused-ring (bicyclic) bond motifs is 1. The predicted molar refractivity (Wildman–Crippen MR) is 138 cm³/mol. The Hall–Kier alpha value is -3.37. The van der Waals surface area contributed by atoms with Crippen molar-refractivity contribution in [3.05, 3.63) is 88.6 Å². The first kappa shape index (κ1) is 23.4. The average molecular weight is 487 g/mol. The predicted octanol–water partition coefficient (Wildman–Crippen LogP) is 4.33. The van der Waals surface area contributed by atoms with Crippen LogP contribution < -0.4 is 0 Å². The first-order valence-electron chi connectivity index (χ1n) is 11.7. The third-order valence-corrected chi connectivity index (χ3v) is 6.63. The third kappa shape index (κ3) is 4.89. The second-order valence-corrected chi connectivity index (χ2v) is 9.85. The number of piperazine rings is 1. The molecule has 7 heteroatoms. The lowest BCUT2D eigenvalue weighted by atomic mass is 10.1. The number of hydrogen-bond donors (Lipinski definition) is 1. The van der Waals surface area contributed by atoms with Gasteiger partial charge in [-0.3, -0.25) is 9.69 Å². The molecule has 0 unspecified atom stereocenters. The van der Waals surface area contributed by atoms with Gasteiger partial charge in [-0.1, -0.05) is 35.2 Å². The smallest absolute Gasteiger partial charge is 0.254 e. The van der Waals surface area contributed by atoms with Crippen LogP contribution in [0.1, 0.15) is 25.1 Å². The number of amides is 1. The van der Waals surface area contributed by atoms with Crippen molar-refractivity contribution in [2.75, 3.05) is 26.2 Å². The van der Waals surface area contributed by atoms with Crippen molar-refractivity contribution in [1.82, 2.24) is 19.2 Å². The number of allylic oxidation sites excluding steroid dienone is 4. The van der Waals surface area contributed by atoms with Crippen LogP contribution in [0.25, 0.3) is 22.5 Å². The van der Waals surface area contributed by atoms with Gasteiger partial charge in [-0.2, -0.15) is 0 Å². The van der Waals surface area contributed by atoms with E-state index < -0.39 is 5.60 Å². The maximum Gasteiger partial charge on any atom is 0.254 e. The number of aliphatic hydroxyl groups is 1. The van der Waals surface area contributed by atoms with Gasteiger partial charge in [-0.05, 0) is 67.5 Å². The van der Waals surface area contributed by atoms with Gasteiger partial charge in [-0.15, -0.1) is 0 Å². The van der Waals surface area contributed by atoms with Crippen LogP contribution in [-0.4, -0.2) is 62.0 Å². The number of rotatable bonds is 5. The van der Waals surface area contributed by atoms with Crippen LogP contribution in [0.3, 0.4) is 0 Å². The van der Waals surface area contributed by atoms with Crippen molar-refractivity contribution in [1.29, 1.82) is 0 Å². The number of pyridine rings is 1. The molecule has 0 radical (unpaired) electrons. The molecule has 3 heterocycles. The van der Waals surface area contributed by atoms with Gasteiger partial charge in [0.1, 0.15) is 11.2 Å². The molecule has 3 aromatic rings. The lowest BCUT2D eigenvalue weighted by Crippen LogP contribution is -2.53. The highest BCUT2D eigenvalue weighted by Crippen LogP contribution is 2.29. The van der Waals surface area contributed by atoms with Crippen LogP contribution in [-0.2, 0) is 11.3 Å². The summed E-state index contributed by atoms with van der Waals surface area (Å²) >= 11 is 6.14. The highest BCUT2D eigenvalue weighted by Gasteiger charge is 2.32. The van der Waals surface area contributed by atoms with E-state index in [0.29, 0.717) is 24.7 Å². The molecule has 1 N–H and O–H groups in total. The van der Waals surface area contributed by atoms with Crippen LogP contribution in [0.4, 0.5) is 0 Å². The number of nitrogens with zero attached hydrogens (tertiary/aromatic N) is 4. The molecule has 0 atom stereocenters. The van der Waals surface area contributed by atoms with E-state index in [1.54, 1.807) is 18.7 Å². The lowest BCUT2D eigenvalue weighted by molar-refractivity contribution is -0.149. The number of benzene rings is 1. The molecule has 0 bridgehead atoms. The standard InChI is InChI=1S/C28H27ClN4O2/c1-28(2,35)27(34)32-16-14-31(15-17-32)19-24-26(21-8-11-23(29)12-9-21)30-25-13-10-22(18-33(24)25)20-6-4-3-5-7-20/h4,6-13,18,35H,14-17,19H2,1-2H3. The maximum absolute atomic E-state index is 12.5. The highest BCUT2D eigenvalue weighted by atomic mass is 35.5. The molecule has 35 heavy (non-hydrogen) atoms. The summed E-state index contributed by atoms with van der Waals surface area (Å²) in [4.78, 5) is 21.5. The molecular formula is C28H27ClN4O2. The molecule has 0 spiro atoms. The molecule has 1 amide bonds. The summed E-state index contributed by atoms with van der Waals surface area (Å²) in [6.07, 6.45) is 7.93. The molecule has 5 rings (SSSR count). The van der Waals surface area contributed by atoms with Gasteiger partial charge in [0.05, 0.1) is 11.4 Å². The van der Waals surface area contributed by atoms with Gasteiger partial charge in [0.15, 0.2) is 0 Å². The zero-order chi connectivity index (χ0) is 24.6. The normalized spacial score (nSPS) is 16.2.